The van der Waals surface area contributed by atoms with Crippen LogP contribution < -0.4 is 0 Å². The molecular formula is C16H40. The van der Waals surface area contributed by atoms with Gasteiger partial charge in [-0.25, -0.2) is 0 Å². The van der Waals surface area contributed by atoms with Crippen molar-refractivity contribution in [2.24, 2.45) is 11.8 Å². The van der Waals surface area contributed by atoms with E-state index in [1.807, 2.05) is 13.8 Å². The van der Waals surface area contributed by atoms with Crippen LogP contribution in [0.1, 0.15) is 94.9 Å². The summed E-state index contributed by atoms with van der Waals surface area (Å²) in [7, 11) is 0. The van der Waals surface area contributed by atoms with E-state index in [-0.39, 0.29) is 7.43 Å². The number of unbranched alkanes of at least 4 members (excludes halogenated alkanes) is 2. The molecule has 0 N–H and O–H groups in total. The second-order valence-corrected chi connectivity index (χ2v) is 4.74. The lowest BCUT2D eigenvalue weighted by molar-refractivity contribution is 0.482. The van der Waals surface area contributed by atoms with Gasteiger partial charge in [0.15, 0.2) is 0 Å². The minimum atomic E-state index is 0. The van der Waals surface area contributed by atoms with Crippen molar-refractivity contribution in [3.8, 4) is 0 Å². The zero-order valence-corrected chi connectivity index (χ0v) is 12.7. The van der Waals surface area contributed by atoms with Gasteiger partial charge in [-0.1, -0.05) is 94.9 Å². The third kappa shape index (κ3) is 48.3. The van der Waals surface area contributed by atoms with Gasteiger partial charge in [0.25, 0.3) is 0 Å². The van der Waals surface area contributed by atoms with Crippen LogP contribution in [0.15, 0.2) is 0 Å². The second kappa shape index (κ2) is 24.3. The molecule has 1 unspecified atom stereocenters. The quantitative estimate of drug-likeness (QED) is 0.450. The third-order valence-electron chi connectivity index (χ3n) is 2.00. The van der Waals surface area contributed by atoms with E-state index in [2.05, 4.69) is 41.5 Å². The van der Waals surface area contributed by atoms with E-state index in [1.165, 1.54) is 32.1 Å². The molecule has 104 valence electrons. The van der Waals surface area contributed by atoms with Crippen molar-refractivity contribution in [2.75, 3.05) is 0 Å². The van der Waals surface area contributed by atoms with Crippen LogP contribution in [0.4, 0.5) is 0 Å². The molecule has 0 amide bonds. The van der Waals surface area contributed by atoms with E-state index >= 15 is 0 Å². The first kappa shape index (κ1) is 25.0. The topological polar surface area (TPSA) is 0 Å². The molecule has 0 aromatic heterocycles. The van der Waals surface area contributed by atoms with Gasteiger partial charge in [-0.3, -0.25) is 0 Å². The molecule has 0 bridgehead atoms. The molecule has 0 rings (SSSR count). The van der Waals surface area contributed by atoms with Gasteiger partial charge in [0.05, 0.1) is 0 Å². The first-order chi connectivity index (χ1) is 7.04. The highest BCUT2D eigenvalue weighted by atomic mass is 14.0. The van der Waals surface area contributed by atoms with Crippen molar-refractivity contribution in [1.29, 1.82) is 0 Å². The van der Waals surface area contributed by atoms with Crippen LogP contribution in [0.5, 0.6) is 0 Å². The maximum atomic E-state index is 2.34. The summed E-state index contributed by atoms with van der Waals surface area (Å²) in [5.74, 6) is 1.79. The Bertz CT molecular complexity index is 71.4. The van der Waals surface area contributed by atoms with Gasteiger partial charge >= 0.3 is 0 Å². The molecule has 0 aromatic carbocycles. The van der Waals surface area contributed by atoms with Gasteiger partial charge in [-0.2, -0.15) is 0 Å². The van der Waals surface area contributed by atoms with Crippen molar-refractivity contribution < 1.29 is 0 Å². The summed E-state index contributed by atoms with van der Waals surface area (Å²) < 4.78 is 0. The summed E-state index contributed by atoms with van der Waals surface area (Å²) in [6.45, 7) is 17.4. The maximum absolute atomic E-state index is 2.34. The van der Waals surface area contributed by atoms with E-state index < -0.39 is 0 Å². The lowest BCUT2D eigenvalue weighted by Crippen LogP contribution is -1.90. The fraction of sp³-hybridized carbons (Fsp3) is 1.00. The Morgan fingerprint density at radius 2 is 1.19 bits per heavy atom. The number of rotatable bonds is 5. The third-order valence-corrected chi connectivity index (χ3v) is 2.00. The molecule has 0 saturated heterocycles. The summed E-state index contributed by atoms with van der Waals surface area (Å²) in [4.78, 5) is 0. The highest BCUT2D eigenvalue weighted by Gasteiger charge is 1.95. The standard InChI is InChI=1S/C9H20.C4H10.C2H6.CH4/c1-4-6-7-8-9(3)5-2;1-4(2)3;1-2;/h9H,4-8H2,1-3H3;4H,1-3H3;1-2H3;1H4. The Hall–Kier alpha value is 0. The molecule has 0 heteroatoms. The number of hydrogen-bond donors (Lipinski definition) is 0. The molecule has 0 aliphatic carbocycles. The highest BCUT2D eigenvalue weighted by Crippen LogP contribution is 2.11. The first-order valence-corrected chi connectivity index (χ1v) is 7.04. The van der Waals surface area contributed by atoms with Crippen LogP contribution in [0.3, 0.4) is 0 Å². The predicted molar refractivity (Wildman–Crippen MR) is 82.2 cm³/mol. The lowest BCUT2D eigenvalue weighted by atomic mass is 10.0. The van der Waals surface area contributed by atoms with E-state index in [4.69, 9.17) is 0 Å². The number of hydrogen-bond acceptors (Lipinski definition) is 0. The molecule has 0 aliphatic rings. The zero-order chi connectivity index (χ0) is 12.7. The largest absolute Gasteiger partial charge is 0.0776 e. The molecule has 0 aromatic rings. The molecule has 16 heavy (non-hydrogen) atoms. The fourth-order valence-corrected chi connectivity index (χ4v) is 0.947. The molecule has 0 nitrogen and oxygen atoms in total. The Morgan fingerprint density at radius 1 is 0.812 bits per heavy atom. The SMILES string of the molecule is C.CC.CC(C)C.CCCCCC(C)CC. The summed E-state index contributed by atoms with van der Waals surface area (Å²) in [5, 5.41) is 0. The van der Waals surface area contributed by atoms with Gasteiger partial charge in [0.1, 0.15) is 0 Å². The molecule has 1 atom stereocenters. The van der Waals surface area contributed by atoms with Gasteiger partial charge in [0.2, 0.25) is 0 Å². The van der Waals surface area contributed by atoms with Gasteiger partial charge in [0, 0.05) is 0 Å². The molecule has 0 spiro atoms. The van der Waals surface area contributed by atoms with Gasteiger partial charge in [-0.15, -0.1) is 0 Å². The van der Waals surface area contributed by atoms with Gasteiger partial charge < -0.3 is 0 Å². The normalized spacial score (nSPS) is 10.3. The summed E-state index contributed by atoms with van der Waals surface area (Å²) in [5.41, 5.74) is 0. The van der Waals surface area contributed by atoms with E-state index in [9.17, 15) is 0 Å². The Balaban J connectivity index is -0.0000000879. The van der Waals surface area contributed by atoms with Crippen molar-refractivity contribution in [1.82, 2.24) is 0 Å². The van der Waals surface area contributed by atoms with Gasteiger partial charge in [-0.05, 0) is 11.8 Å². The Kier molecular flexibility index (Phi) is 38.0. The monoisotopic (exact) mass is 232 g/mol. The second-order valence-electron chi connectivity index (χ2n) is 4.74. The smallest absolute Gasteiger partial charge is 0.0445 e. The van der Waals surface area contributed by atoms with Crippen molar-refractivity contribution in [2.45, 2.75) is 94.9 Å². The molecule has 0 heterocycles. The minimum Gasteiger partial charge on any atom is -0.0776 e. The summed E-state index contributed by atoms with van der Waals surface area (Å²) in [6, 6.07) is 0. The van der Waals surface area contributed by atoms with Crippen LogP contribution in [-0.2, 0) is 0 Å². The van der Waals surface area contributed by atoms with Crippen molar-refractivity contribution in [3.05, 3.63) is 0 Å². The molecule has 0 saturated carbocycles. The minimum absolute atomic E-state index is 0. The first-order valence-electron chi connectivity index (χ1n) is 7.04. The van der Waals surface area contributed by atoms with Crippen molar-refractivity contribution in [3.63, 3.8) is 0 Å². The fourth-order valence-electron chi connectivity index (χ4n) is 0.947. The van der Waals surface area contributed by atoms with Crippen LogP contribution >= 0.6 is 0 Å². The Morgan fingerprint density at radius 3 is 1.44 bits per heavy atom. The Labute approximate surface area is 107 Å². The molecular weight excluding hydrogens is 192 g/mol. The van der Waals surface area contributed by atoms with Crippen LogP contribution in [0, 0.1) is 11.8 Å². The molecule has 0 fully saturated rings. The van der Waals surface area contributed by atoms with Crippen molar-refractivity contribution >= 4 is 0 Å². The summed E-state index contributed by atoms with van der Waals surface area (Å²) >= 11 is 0. The van der Waals surface area contributed by atoms with E-state index in [1.54, 1.807) is 0 Å². The lowest BCUT2D eigenvalue weighted by Gasteiger charge is -2.05. The maximum Gasteiger partial charge on any atom is -0.0445 e. The summed E-state index contributed by atoms with van der Waals surface area (Å²) in [6.07, 6.45) is 7.00. The van der Waals surface area contributed by atoms with E-state index in [0.717, 1.165) is 11.8 Å². The van der Waals surface area contributed by atoms with Crippen LogP contribution in [0.2, 0.25) is 0 Å². The van der Waals surface area contributed by atoms with Crippen LogP contribution in [0.25, 0.3) is 0 Å². The zero-order valence-electron chi connectivity index (χ0n) is 12.7. The molecule has 0 radical (unpaired) electrons. The molecule has 0 aliphatic heterocycles. The average Bonchev–Trinajstić information content (AvgIpc) is 2.20. The predicted octanol–water partition coefficient (Wildman–Crippen LogP) is 6.94. The average molecular weight is 232 g/mol. The van der Waals surface area contributed by atoms with Crippen LogP contribution in [-0.4, -0.2) is 0 Å². The van der Waals surface area contributed by atoms with E-state index in [0.29, 0.717) is 0 Å². The highest BCUT2D eigenvalue weighted by molar-refractivity contribution is 4.49.